The van der Waals surface area contributed by atoms with Crippen molar-refractivity contribution in [2.24, 2.45) is 0 Å². The number of nitrogens with two attached hydrogens (primary N) is 1. The average molecular weight is 259 g/mol. The normalized spacial score (nSPS) is 12.9. The van der Waals surface area contributed by atoms with Crippen LogP contribution in [0, 0.1) is 0 Å². The summed E-state index contributed by atoms with van der Waals surface area (Å²) in [4.78, 5) is 12.8. The molecule has 0 aliphatic carbocycles. The van der Waals surface area contributed by atoms with Gasteiger partial charge in [-0.3, -0.25) is 4.98 Å². The predicted octanol–water partition coefficient (Wildman–Crippen LogP) is 2.47. The fraction of sp³-hybridized carbons (Fsp3) is 0.250. The van der Waals surface area contributed by atoms with Crippen LogP contribution in [0.15, 0.2) is 30.0 Å². The van der Waals surface area contributed by atoms with Gasteiger partial charge in [0.1, 0.15) is 10.5 Å². The lowest BCUT2D eigenvalue weighted by molar-refractivity contribution is 0.585. The molecule has 3 aromatic heterocycles. The lowest BCUT2D eigenvalue weighted by Gasteiger charge is -2.16. The number of aromatic nitrogens is 4. The van der Waals surface area contributed by atoms with Crippen LogP contribution in [0.1, 0.15) is 24.4 Å². The van der Waals surface area contributed by atoms with Crippen LogP contribution in [-0.4, -0.2) is 19.5 Å². The highest BCUT2D eigenvalue weighted by Crippen LogP contribution is 2.30. The van der Waals surface area contributed by atoms with Crippen molar-refractivity contribution in [2.75, 3.05) is 5.73 Å². The minimum absolute atomic E-state index is 0.136. The van der Waals surface area contributed by atoms with E-state index in [0.29, 0.717) is 5.95 Å². The molecule has 0 radical (unpaired) electrons. The predicted molar refractivity (Wildman–Crippen MR) is 72.5 cm³/mol. The first-order chi connectivity index (χ1) is 8.81. The minimum Gasteiger partial charge on any atom is -0.369 e. The fourth-order valence-electron chi connectivity index (χ4n) is 2.16. The second-order valence-corrected chi connectivity index (χ2v) is 4.92. The Bertz CT molecular complexity index is 658. The summed E-state index contributed by atoms with van der Waals surface area (Å²) in [5.41, 5.74) is 7.87. The molecule has 0 aromatic carbocycles. The van der Waals surface area contributed by atoms with Crippen LogP contribution < -0.4 is 5.73 Å². The third kappa shape index (κ3) is 1.65. The molecule has 92 valence electrons. The maximum atomic E-state index is 6.04. The van der Waals surface area contributed by atoms with Crippen LogP contribution in [0.3, 0.4) is 0 Å². The van der Waals surface area contributed by atoms with Gasteiger partial charge in [-0.25, -0.2) is 9.97 Å². The Morgan fingerprint density at radius 1 is 1.44 bits per heavy atom. The Balaban J connectivity index is 2.21. The molecule has 6 heteroatoms. The van der Waals surface area contributed by atoms with Crippen LogP contribution in [0.4, 0.5) is 5.95 Å². The molecule has 0 amide bonds. The van der Waals surface area contributed by atoms with E-state index in [2.05, 4.69) is 21.9 Å². The average Bonchev–Trinajstić information content (AvgIpc) is 2.99. The largest absolute Gasteiger partial charge is 0.369 e. The van der Waals surface area contributed by atoms with Crippen molar-refractivity contribution in [3.8, 4) is 0 Å². The molecule has 0 saturated heterocycles. The third-order valence-corrected chi connectivity index (χ3v) is 3.83. The van der Waals surface area contributed by atoms with Gasteiger partial charge in [-0.15, -0.1) is 11.3 Å². The summed E-state index contributed by atoms with van der Waals surface area (Å²) in [6.45, 7) is 2.12. The molecular weight excluding hydrogens is 246 g/mol. The van der Waals surface area contributed by atoms with E-state index in [4.69, 9.17) is 5.73 Å². The summed E-state index contributed by atoms with van der Waals surface area (Å²) in [5, 5.41) is 3.04. The zero-order valence-corrected chi connectivity index (χ0v) is 10.8. The topological polar surface area (TPSA) is 69.6 Å². The number of hydrogen-bond donors (Lipinski definition) is 1. The molecule has 0 fully saturated rings. The van der Waals surface area contributed by atoms with E-state index in [1.54, 1.807) is 23.7 Å². The molecule has 0 aliphatic heterocycles. The number of thiazole rings is 1. The van der Waals surface area contributed by atoms with Gasteiger partial charge in [0.05, 0.1) is 17.8 Å². The van der Waals surface area contributed by atoms with E-state index in [9.17, 15) is 0 Å². The van der Waals surface area contributed by atoms with Crippen molar-refractivity contribution in [1.29, 1.82) is 0 Å². The number of rotatable bonds is 3. The van der Waals surface area contributed by atoms with E-state index in [0.717, 1.165) is 22.5 Å². The van der Waals surface area contributed by atoms with Gasteiger partial charge in [-0.05, 0) is 12.5 Å². The van der Waals surface area contributed by atoms with Crippen LogP contribution >= 0.6 is 11.3 Å². The van der Waals surface area contributed by atoms with Gasteiger partial charge in [0.25, 0.3) is 0 Å². The maximum Gasteiger partial charge on any atom is 0.201 e. The number of imidazole rings is 1. The number of hydrogen-bond acceptors (Lipinski definition) is 5. The van der Waals surface area contributed by atoms with Crippen LogP contribution in [0.2, 0.25) is 0 Å². The Morgan fingerprint density at radius 3 is 3.06 bits per heavy atom. The van der Waals surface area contributed by atoms with Crippen molar-refractivity contribution in [2.45, 2.75) is 19.4 Å². The first-order valence-corrected chi connectivity index (χ1v) is 6.66. The smallest absolute Gasteiger partial charge is 0.201 e. The summed E-state index contributed by atoms with van der Waals surface area (Å²) in [6.07, 6.45) is 6.23. The number of nitrogen functional groups attached to an aromatic ring is 1. The minimum atomic E-state index is 0.136. The van der Waals surface area contributed by atoms with Gasteiger partial charge in [0.15, 0.2) is 0 Å². The summed E-state index contributed by atoms with van der Waals surface area (Å²) in [6, 6.07) is 2.08. The molecule has 1 unspecified atom stereocenters. The summed E-state index contributed by atoms with van der Waals surface area (Å²) < 4.78 is 2.04. The molecule has 5 nitrogen and oxygen atoms in total. The number of fused-ring (bicyclic) bond motifs is 1. The molecular formula is C12H13N5S. The summed E-state index contributed by atoms with van der Waals surface area (Å²) in [5.74, 6) is 0.514. The van der Waals surface area contributed by atoms with Crippen molar-refractivity contribution in [3.05, 3.63) is 35.0 Å². The molecule has 3 heterocycles. The number of anilines is 1. The molecule has 3 rings (SSSR count). The van der Waals surface area contributed by atoms with Crippen molar-refractivity contribution < 1.29 is 0 Å². The third-order valence-electron chi connectivity index (χ3n) is 2.95. The van der Waals surface area contributed by atoms with Crippen LogP contribution in [0.25, 0.3) is 11.0 Å². The Morgan fingerprint density at radius 2 is 2.33 bits per heavy atom. The SMILES string of the molecule is CCC(c1nccs1)n1c(N)nc2cnccc21. The highest BCUT2D eigenvalue weighted by molar-refractivity contribution is 7.09. The monoisotopic (exact) mass is 259 g/mol. The van der Waals surface area contributed by atoms with Gasteiger partial charge in [-0.1, -0.05) is 6.92 Å². The standard InChI is InChI=1S/C12H13N5S/c1-2-9(11-15-5-6-18-11)17-10-3-4-14-7-8(10)16-12(17)13/h3-7,9H,2H2,1H3,(H2,13,16). The zero-order valence-electron chi connectivity index (χ0n) is 9.95. The van der Waals surface area contributed by atoms with E-state index in [-0.39, 0.29) is 6.04 Å². The quantitative estimate of drug-likeness (QED) is 0.784. The van der Waals surface area contributed by atoms with Gasteiger partial charge < -0.3 is 10.3 Å². The lowest BCUT2D eigenvalue weighted by Crippen LogP contribution is -2.12. The molecule has 3 aromatic rings. The highest BCUT2D eigenvalue weighted by atomic mass is 32.1. The summed E-state index contributed by atoms with van der Waals surface area (Å²) >= 11 is 1.64. The van der Waals surface area contributed by atoms with Gasteiger partial charge in [0, 0.05) is 17.8 Å². The summed E-state index contributed by atoms with van der Waals surface area (Å²) in [7, 11) is 0. The molecule has 0 saturated carbocycles. The van der Waals surface area contributed by atoms with E-state index >= 15 is 0 Å². The van der Waals surface area contributed by atoms with Gasteiger partial charge in [0.2, 0.25) is 5.95 Å². The highest BCUT2D eigenvalue weighted by Gasteiger charge is 2.19. The Kier molecular flexibility index (Phi) is 2.71. The first kappa shape index (κ1) is 11.2. The van der Waals surface area contributed by atoms with E-state index in [1.807, 2.05) is 22.2 Å². The second kappa shape index (κ2) is 4.38. The van der Waals surface area contributed by atoms with Gasteiger partial charge >= 0.3 is 0 Å². The zero-order chi connectivity index (χ0) is 12.5. The molecule has 18 heavy (non-hydrogen) atoms. The first-order valence-electron chi connectivity index (χ1n) is 5.78. The van der Waals surface area contributed by atoms with Crippen molar-refractivity contribution in [3.63, 3.8) is 0 Å². The fourth-order valence-corrected chi connectivity index (χ4v) is 2.98. The molecule has 0 bridgehead atoms. The van der Waals surface area contributed by atoms with Crippen LogP contribution in [0.5, 0.6) is 0 Å². The number of pyridine rings is 1. The van der Waals surface area contributed by atoms with Crippen molar-refractivity contribution in [1.82, 2.24) is 19.5 Å². The molecule has 0 aliphatic rings. The van der Waals surface area contributed by atoms with Gasteiger partial charge in [-0.2, -0.15) is 0 Å². The Hall–Kier alpha value is -1.95. The molecule has 0 spiro atoms. The second-order valence-electron chi connectivity index (χ2n) is 4.00. The Labute approximate surface area is 108 Å². The van der Waals surface area contributed by atoms with Crippen molar-refractivity contribution >= 4 is 28.3 Å². The molecule has 1 atom stereocenters. The molecule has 2 N–H and O–H groups in total. The van der Waals surface area contributed by atoms with E-state index in [1.165, 1.54) is 0 Å². The number of nitrogens with zero attached hydrogens (tertiary/aromatic N) is 4. The maximum absolute atomic E-state index is 6.04. The lowest BCUT2D eigenvalue weighted by atomic mass is 10.2. The van der Waals surface area contributed by atoms with E-state index < -0.39 is 0 Å². The van der Waals surface area contributed by atoms with Crippen LogP contribution in [-0.2, 0) is 0 Å².